The van der Waals surface area contributed by atoms with Gasteiger partial charge in [0.25, 0.3) is 5.91 Å². The zero-order chi connectivity index (χ0) is 13.3. The normalized spacial score (nSPS) is 18.9. The van der Waals surface area contributed by atoms with E-state index in [1.54, 1.807) is 12.1 Å². The summed E-state index contributed by atoms with van der Waals surface area (Å²) in [5, 5.41) is 9.22. The summed E-state index contributed by atoms with van der Waals surface area (Å²) in [6.45, 7) is 0.702. The Morgan fingerprint density at radius 1 is 1.44 bits per heavy atom. The molecular weight excluding hydrogens is 256 g/mol. The maximum atomic E-state index is 12.1. The maximum absolute atomic E-state index is 12.1. The van der Waals surface area contributed by atoms with Crippen molar-refractivity contribution in [2.45, 2.75) is 6.42 Å². The van der Waals surface area contributed by atoms with Gasteiger partial charge in [-0.05, 0) is 24.6 Å². The lowest BCUT2D eigenvalue weighted by molar-refractivity contribution is -0.141. The minimum atomic E-state index is -0.861. The number of aliphatic carboxylic acids is 1. The van der Waals surface area contributed by atoms with Crippen LogP contribution in [0.1, 0.15) is 16.8 Å². The van der Waals surface area contributed by atoms with Crippen LogP contribution in [0.2, 0.25) is 5.02 Å². The molecule has 1 fully saturated rings. The molecule has 0 bridgehead atoms. The van der Waals surface area contributed by atoms with Gasteiger partial charge in [0.05, 0.1) is 16.6 Å². The quantitative estimate of drug-likeness (QED) is 0.796. The molecule has 3 N–H and O–H groups in total. The average Bonchev–Trinajstić information content (AvgIpc) is 2.81. The first-order valence-electron chi connectivity index (χ1n) is 5.56. The van der Waals surface area contributed by atoms with E-state index in [1.165, 1.54) is 11.0 Å². The minimum Gasteiger partial charge on any atom is -0.481 e. The second-order valence-corrected chi connectivity index (χ2v) is 4.72. The summed E-state index contributed by atoms with van der Waals surface area (Å²) >= 11 is 5.85. The highest BCUT2D eigenvalue weighted by Gasteiger charge is 2.31. The molecule has 1 aromatic rings. The van der Waals surface area contributed by atoms with Crippen molar-refractivity contribution in [3.05, 3.63) is 28.8 Å². The van der Waals surface area contributed by atoms with E-state index in [-0.39, 0.29) is 12.5 Å². The van der Waals surface area contributed by atoms with Gasteiger partial charge < -0.3 is 15.7 Å². The molecule has 1 aromatic carbocycles. The Morgan fingerprint density at radius 2 is 2.17 bits per heavy atom. The van der Waals surface area contributed by atoms with E-state index < -0.39 is 11.9 Å². The first-order chi connectivity index (χ1) is 8.49. The van der Waals surface area contributed by atoms with E-state index >= 15 is 0 Å². The van der Waals surface area contributed by atoms with Gasteiger partial charge in [-0.3, -0.25) is 9.59 Å². The number of carbonyl (C=O) groups is 2. The molecule has 1 saturated heterocycles. The highest BCUT2D eigenvalue weighted by molar-refractivity contribution is 6.33. The first-order valence-corrected chi connectivity index (χ1v) is 5.94. The van der Waals surface area contributed by atoms with Crippen molar-refractivity contribution >= 4 is 29.2 Å². The second-order valence-electron chi connectivity index (χ2n) is 4.31. The van der Waals surface area contributed by atoms with Crippen LogP contribution in [0.3, 0.4) is 0 Å². The molecule has 0 spiro atoms. The number of carboxylic acid groups (broad SMARTS) is 1. The molecule has 1 unspecified atom stereocenters. The van der Waals surface area contributed by atoms with E-state index in [4.69, 9.17) is 22.4 Å². The summed E-state index contributed by atoms with van der Waals surface area (Å²) in [4.78, 5) is 24.5. The van der Waals surface area contributed by atoms with Crippen LogP contribution in [0.5, 0.6) is 0 Å². The van der Waals surface area contributed by atoms with Crippen LogP contribution in [0, 0.1) is 5.92 Å². The lowest BCUT2D eigenvalue weighted by Crippen LogP contribution is -2.29. The lowest BCUT2D eigenvalue weighted by atomic mass is 10.1. The first kappa shape index (κ1) is 12.7. The summed E-state index contributed by atoms with van der Waals surface area (Å²) in [5.41, 5.74) is 6.42. The van der Waals surface area contributed by atoms with Crippen molar-refractivity contribution < 1.29 is 14.7 Å². The van der Waals surface area contributed by atoms with Crippen LogP contribution in [-0.2, 0) is 4.79 Å². The number of halogens is 1. The highest BCUT2D eigenvalue weighted by Crippen LogP contribution is 2.23. The number of rotatable bonds is 2. The van der Waals surface area contributed by atoms with Gasteiger partial charge in [-0.15, -0.1) is 0 Å². The third kappa shape index (κ3) is 2.41. The number of carbonyl (C=O) groups excluding carboxylic acids is 1. The number of nitrogens with zero attached hydrogens (tertiary/aromatic N) is 1. The topological polar surface area (TPSA) is 83.6 Å². The third-order valence-electron chi connectivity index (χ3n) is 3.07. The molecule has 6 heteroatoms. The van der Waals surface area contributed by atoms with Crippen molar-refractivity contribution in [1.82, 2.24) is 4.90 Å². The van der Waals surface area contributed by atoms with Gasteiger partial charge in [0.1, 0.15) is 0 Å². The third-order valence-corrected chi connectivity index (χ3v) is 3.40. The number of benzene rings is 1. The largest absolute Gasteiger partial charge is 0.481 e. The Kier molecular flexibility index (Phi) is 3.43. The van der Waals surface area contributed by atoms with Crippen LogP contribution in [0.25, 0.3) is 0 Å². The van der Waals surface area contributed by atoms with Gasteiger partial charge in [0.2, 0.25) is 0 Å². The van der Waals surface area contributed by atoms with Gasteiger partial charge in [-0.2, -0.15) is 0 Å². The van der Waals surface area contributed by atoms with E-state index in [1.807, 2.05) is 0 Å². The van der Waals surface area contributed by atoms with Gasteiger partial charge in [-0.25, -0.2) is 0 Å². The highest BCUT2D eigenvalue weighted by atomic mass is 35.5. The number of hydrogen-bond acceptors (Lipinski definition) is 3. The number of likely N-dealkylation sites (tertiary alicyclic amines) is 1. The molecule has 1 amide bonds. The number of nitrogen functional groups attached to an aromatic ring is 1. The Morgan fingerprint density at radius 3 is 2.72 bits per heavy atom. The second kappa shape index (κ2) is 4.86. The van der Waals surface area contributed by atoms with E-state index in [0.29, 0.717) is 29.2 Å². The number of hydrogen-bond donors (Lipinski definition) is 2. The monoisotopic (exact) mass is 268 g/mol. The van der Waals surface area contributed by atoms with E-state index in [2.05, 4.69) is 0 Å². The van der Waals surface area contributed by atoms with Gasteiger partial charge >= 0.3 is 5.97 Å². The van der Waals surface area contributed by atoms with Crippen LogP contribution in [0.15, 0.2) is 18.2 Å². The van der Waals surface area contributed by atoms with Crippen molar-refractivity contribution in [2.75, 3.05) is 18.8 Å². The molecule has 1 aliphatic rings. The fourth-order valence-corrected chi connectivity index (χ4v) is 2.17. The maximum Gasteiger partial charge on any atom is 0.308 e. The van der Waals surface area contributed by atoms with Gasteiger partial charge in [-0.1, -0.05) is 11.6 Å². The van der Waals surface area contributed by atoms with E-state index in [9.17, 15) is 9.59 Å². The number of amides is 1. The predicted molar refractivity (Wildman–Crippen MR) is 67.5 cm³/mol. The summed E-state index contributed by atoms with van der Waals surface area (Å²) in [6.07, 6.45) is 0.490. The zero-order valence-electron chi connectivity index (χ0n) is 9.60. The molecule has 2 rings (SSSR count). The number of anilines is 1. The van der Waals surface area contributed by atoms with E-state index in [0.717, 1.165) is 0 Å². The van der Waals surface area contributed by atoms with Crippen molar-refractivity contribution in [2.24, 2.45) is 5.92 Å². The molecule has 0 aromatic heterocycles. The lowest BCUT2D eigenvalue weighted by Gasteiger charge is -2.16. The SMILES string of the molecule is Nc1ccc(C(=O)N2CCC(C(=O)O)C2)cc1Cl. The number of nitrogens with two attached hydrogens (primary N) is 1. The molecule has 96 valence electrons. The molecule has 1 atom stereocenters. The average molecular weight is 269 g/mol. The smallest absolute Gasteiger partial charge is 0.308 e. The Hall–Kier alpha value is -1.75. The molecule has 18 heavy (non-hydrogen) atoms. The Balaban J connectivity index is 2.12. The summed E-state index contributed by atoms with van der Waals surface area (Å²) in [6, 6.07) is 4.67. The van der Waals surface area contributed by atoms with Crippen LogP contribution in [-0.4, -0.2) is 35.0 Å². The number of carboxylic acids is 1. The predicted octanol–water partition coefficient (Wildman–Crippen LogP) is 1.47. The molecule has 0 radical (unpaired) electrons. The van der Waals surface area contributed by atoms with Crippen LogP contribution >= 0.6 is 11.6 Å². The van der Waals surface area contributed by atoms with Gasteiger partial charge in [0.15, 0.2) is 0 Å². The van der Waals surface area contributed by atoms with Gasteiger partial charge in [0, 0.05) is 18.7 Å². The summed E-state index contributed by atoms with van der Waals surface area (Å²) in [7, 11) is 0. The van der Waals surface area contributed by atoms with Crippen LogP contribution < -0.4 is 5.73 Å². The molecular formula is C12H13ClN2O3. The van der Waals surface area contributed by atoms with Crippen LogP contribution in [0.4, 0.5) is 5.69 Å². The molecule has 5 nitrogen and oxygen atoms in total. The standard InChI is InChI=1S/C12H13ClN2O3/c13-9-5-7(1-2-10(9)14)11(16)15-4-3-8(6-15)12(17)18/h1-2,5,8H,3-4,6,14H2,(H,17,18). The molecule has 0 saturated carbocycles. The van der Waals surface area contributed by atoms with Crippen molar-refractivity contribution in [3.63, 3.8) is 0 Å². The fraction of sp³-hybridized carbons (Fsp3) is 0.333. The molecule has 0 aliphatic carbocycles. The van der Waals surface area contributed by atoms with Crippen molar-refractivity contribution in [3.8, 4) is 0 Å². The molecule has 1 heterocycles. The van der Waals surface area contributed by atoms with Crippen molar-refractivity contribution in [1.29, 1.82) is 0 Å². The molecule has 1 aliphatic heterocycles. The zero-order valence-corrected chi connectivity index (χ0v) is 10.4. The Labute approximate surface area is 109 Å². The minimum absolute atomic E-state index is 0.208. The summed E-state index contributed by atoms with van der Waals surface area (Å²) < 4.78 is 0. The Bertz CT molecular complexity index is 504. The fourth-order valence-electron chi connectivity index (χ4n) is 1.99. The summed E-state index contributed by atoms with van der Waals surface area (Å²) in [5.74, 6) is -1.54.